The SMILES string of the molecule is CC(=O)c1c(O)cc(O)c(-c2ccccc2)c1CCCO. The molecule has 0 aromatic heterocycles. The quantitative estimate of drug-likeness (QED) is 0.739. The summed E-state index contributed by atoms with van der Waals surface area (Å²) in [5.74, 6) is -0.568. The van der Waals surface area contributed by atoms with E-state index in [1.165, 1.54) is 13.0 Å². The van der Waals surface area contributed by atoms with E-state index in [-0.39, 0.29) is 29.5 Å². The van der Waals surface area contributed by atoms with E-state index in [9.17, 15) is 15.0 Å². The lowest BCUT2D eigenvalue weighted by molar-refractivity contribution is 0.101. The van der Waals surface area contributed by atoms with Crippen LogP contribution in [0.1, 0.15) is 29.3 Å². The first kappa shape index (κ1) is 15.1. The van der Waals surface area contributed by atoms with Gasteiger partial charge in [-0.3, -0.25) is 4.79 Å². The molecule has 0 heterocycles. The number of phenolic OH excluding ortho intramolecular Hbond substituents is 2. The molecule has 2 rings (SSSR count). The van der Waals surface area contributed by atoms with Gasteiger partial charge in [0.05, 0.1) is 5.56 Å². The number of ketones is 1. The summed E-state index contributed by atoms with van der Waals surface area (Å²) in [5, 5.41) is 29.2. The van der Waals surface area contributed by atoms with E-state index in [2.05, 4.69) is 0 Å². The zero-order valence-corrected chi connectivity index (χ0v) is 11.8. The number of hydrogen-bond donors (Lipinski definition) is 3. The van der Waals surface area contributed by atoms with E-state index in [1.807, 2.05) is 30.3 Å². The van der Waals surface area contributed by atoms with Gasteiger partial charge in [0.1, 0.15) is 11.5 Å². The highest BCUT2D eigenvalue weighted by Gasteiger charge is 2.21. The summed E-state index contributed by atoms with van der Waals surface area (Å²) in [6, 6.07) is 10.4. The van der Waals surface area contributed by atoms with E-state index in [4.69, 9.17) is 5.11 Å². The zero-order valence-electron chi connectivity index (χ0n) is 11.8. The molecule has 0 saturated heterocycles. The van der Waals surface area contributed by atoms with Gasteiger partial charge < -0.3 is 15.3 Å². The number of aliphatic hydroxyl groups excluding tert-OH is 1. The Morgan fingerprint density at radius 1 is 1.10 bits per heavy atom. The van der Waals surface area contributed by atoms with Gasteiger partial charge in [0.25, 0.3) is 0 Å². The highest BCUT2D eigenvalue weighted by atomic mass is 16.3. The molecule has 0 fully saturated rings. The minimum absolute atomic E-state index is 0.0258. The van der Waals surface area contributed by atoms with Gasteiger partial charge in [-0.1, -0.05) is 30.3 Å². The van der Waals surface area contributed by atoms with Crippen molar-refractivity contribution in [2.24, 2.45) is 0 Å². The summed E-state index contributed by atoms with van der Waals surface area (Å²) in [7, 11) is 0. The van der Waals surface area contributed by atoms with Gasteiger partial charge >= 0.3 is 0 Å². The number of rotatable bonds is 5. The predicted octanol–water partition coefficient (Wildman–Crippen LogP) is 2.89. The molecule has 4 heteroatoms. The zero-order chi connectivity index (χ0) is 15.4. The van der Waals surface area contributed by atoms with E-state index in [0.717, 1.165) is 5.56 Å². The number of Topliss-reactive ketones (excluding diaryl/α,β-unsaturated/α-hetero) is 1. The molecule has 0 aliphatic heterocycles. The van der Waals surface area contributed by atoms with Crippen LogP contribution in [-0.2, 0) is 6.42 Å². The van der Waals surface area contributed by atoms with Crippen LogP contribution in [0.15, 0.2) is 36.4 Å². The van der Waals surface area contributed by atoms with Crippen LogP contribution in [0.3, 0.4) is 0 Å². The molecule has 0 bridgehead atoms. The summed E-state index contributed by atoms with van der Waals surface area (Å²) in [6.07, 6.45) is 0.848. The fraction of sp³-hybridized carbons (Fsp3) is 0.235. The maximum atomic E-state index is 11.8. The maximum absolute atomic E-state index is 11.8. The van der Waals surface area contributed by atoms with Crippen LogP contribution in [-0.4, -0.2) is 27.7 Å². The van der Waals surface area contributed by atoms with E-state index < -0.39 is 0 Å². The molecule has 110 valence electrons. The smallest absolute Gasteiger partial charge is 0.163 e. The van der Waals surface area contributed by atoms with Gasteiger partial charge in [0.15, 0.2) is 5.78 Å². The molecular formula is C17H18O4. The van der Waals surface area contributed by atoms with E-state index >= 15 is 0 Å². The van der Waals surface area contributed by atoms with Gasteiger partial charge in [0.2, 0.25) is 0 Å². The largest absolute Gasteiger partial charge is 0.507 e. The average molecular weight is 286 g/mol. The highest BCUT2D eigenvalue weighted by Crippen LogP contribution is 2.40. The van der Waals surface area contributed by atoms with Crippen molar-refractivity contribution in [3.05, 3.63) is 47.5 Å². The average Bonchev–Trinajstić information content (AvgIpc) is 2.45. The first-order valence-electron chi connectivity index (χ1n) is 6.81. The molecule has 0 aliphatic rings. The molecule has 21 heavy (non-hydrogen) atoms. The van der Waals surface area contributed by atoms with Crippen molar-refractivity contribution in [2.45, 2.75) is 19.8 Å². The van der Waals surface area contributed by atoms with Crippen LogP contribution in [0, 0.1) is 0 Å². The van der Waals surface area contributed by atoms with Gasteiger partial charge in [-0.25, -0.2) is 0 Å². The second kappa shape index (κ2) is 6.41. The monoisotopic (exact) mass is 286 g/mol. The Labute approximate surface area is 123 Å². The van der Waals surface area contributed by atoms with Crippen LogP contribution in [0.25, 0.3) is 11.1 Å². The van der Waals surface area contributed by atoms with Gasteiger partial charge in [-0.15, -0.1) is 0 Å². The van der Waals surface area contributed by atoms with Crippen LogP contribution in [0.5, 0.6) is 11.5 Å². The van der Waals surface area contributed by atoms with Gasteiger partial charge in [-0.2, -0.15) is 0 Å². The number of aliphatic hydroxyl groups is 1. The molecule has 0 radical (unpaired) electrons. The Bertz CT molecular complexity index is 648. The van der Waals surface area contributed by atoms with Crippen LogP contribution in [0.4, 0.5) is 0 Å². The van der Waals surface area contributed by atoms with Crippen LogP contribution < -0.4 is 0 Å². The summed E-state index contributed by atoms with van der Waals surface area (Å²) in [6.45, 7) is 1.35. The first-order chi connectivity index (χ1) is 10.1. The van der Waals surface area contributed by atoms with Crippen molar-refractivity contribution < 1.29 is 20.1 Å². The second-order valence-corrected chi connectivity index (χ2v) is 4.89. The van der Waals surface area contributed by atoms with E-state index in [0.29, 0.717) is 24.0 Å². The maximum Gasteiger partial charge on any atom is 0.163 e. The van der Waals surface area contributed by atoms with Crippen molar-refractivity contribution >= 4 is 5.78 Å². The Kier molecular flexibility index (Phi) is 4.60. The molecule has 4 nitrogen and oxygen atoms in total. The fourth-order valence-electron chi connectivity index (χ4n) is 2.53. The molecule has 2 aromatic carbocycles. The third-order valence-electron chi connectivity index (χ3n) is 3.39. The molecule has 0 unspecified atom stereocenters. The van der Waals surface area contributed by atoms with Crippen molar-refractivity contribution in [2.75, 3.05) is 6.61 Å². The highest BCUT2D eigenvalue weighted by molar-refractivity contribution is 6.01. The number of aromatic hydroxyl groups is 2. The minimum Gasteiger partial charge on any atom is -0.507 e. The van der Waals surface area contributed by atoms with Gasteiger partial charge in [0, 0.05) is 18.2 Å². The summed E-state index contributed by atoms with van der Waals surface area (Å²) < 4.78 is 0. The summed E-state index contributed by atoms with van der Waals surface area (Å²) >= 11 is 0. The third-order valence-corrected chi connectivity index (χ3v) is 3.39. The molecule has 0 atom stereocenters. The molecule has 0 spiro atoms. The summed E-state index contributed by atoms with van der Waals surface area (Å²) in [5.41, 5.74) is 2.08. The predicted molar refractivity (Wildman–Crippen MR) is 80.6 cm³/mol. The van der Waals surface area contributed by atoms with Crippen LogP contribution in [0.2, 0.25) is 0 Å². The Morgan fingerprint density at radius 3 is 2.33 bits per heavy atom. The number of carbonyl (C=O) groups excluding carboxylic acids is 1. The van der Waals surface area contributed by atoms with Crippen molar-refractivity contribution in [1.82, 2.24) is 0 Å². The second-order valence-electron chi connectivity index (χ2n) is 4.89. The molecule has 0 aliphatic carbocycles. The Balaban J connectivity index is 2.72. The lowest BCUT2D eigenvalue weighted by atomic mass is 9.89. The Hall–Kier alpha value is -2.33. The van der Waals surface area contributed by atoms with Crippen LogP contribution >= 0.6 is 0 Å². The number of carbonyl (C=O) groups is 1. The van der Waals surface area contributed by atoms with Crippen molar-refractivity contribution in [3.8, 4) is 22.6 Å². The molecule has 3 N–H and O–H groups in total. The molecule has 0 amide bonds. The Morgan fingerprint density at radius 2 is 1.76 bits per heavy atom. The van der Waals surface area contributed by atoms with Crippen molar-refractivity contribution in [3.63, 3.8) is 0 Å². The minimum atomic E-state index is -0.266. The number of benzene rings is 2. The fourth-order valence-corrected chi connectivity index (χ4v) is 2.53. The molecule has 2 aromatic rings. The standard InChI is InChI=1S/C17H18O4/c1-11(19)16-13(8-5-9-18)17(15(21)10-14(16)20)12-6-3-2-4-7-12/h2-4,6-7,10,18,20-21H,5,8-9H2,1H3. The number of hydrogen-bond acceptors (Lipinski definition) is 4. The number of phenols is 2. The van der Waals surface area contributed by atoms with Crippen molar-refractivity contribution in [1.29, 1.82) is 0 Å². The summed E-state index contributed by atoms with van der Waals surface area (Å²) in [4.78, 5) is 11.8. The normalized spacial score (nSPS) is 10.6. The van der Waals surface area contributed by atoms with Gasteiger partial charge in [-0.05, 0) is 30.9 Å². The third kappa shape index (κ3) is 3.06. The molecular weight excluding hydrogens is 268 g/mol. The van der Waals surface area contributed by atoms with E-state index in [1.54, 1.807) is 0 Å². The molecule has 0 saturated carbocycles. The topological polar surface area (TPSA) is 77.8 Å². The lowest BCUT2D eigenvalue weighted by Crippen LogP contribution is -2.04. The lowest BCUT2D eigenvalue weighted by Gasteiger charge is -2.16. The first-order valence-corrected chi connectivity index (χ1v) is 6.81.